The third kappa shape index (κ3) is 4.42. The van der Waals surface area contributed by atoms with E-state index < -0.39 is 29.1 Å². The molecule has 2 saturated heterocycles. The van der Waals surface area contributed by atoms with Crippen molar-refractivity contribution in [3.05, 3.63) is 72.8 Å². The van der Waals surface area contributed by atoms with Crippen molar-refractivity contribution in [2.45, 2.75) is 37.5 Å². The van der Waals surface area contributed by atoms with E-state index in [9.17, 15) is 19.5 Å². The lowest BCUT2D eigenvalue weighted by Gasteiger charge is -2.38. The fourth-order valence-corrected chi connectivity index (χ4v) is 7.22. The number of carbonyl (C=O) groups is 3. The van der Waals surface area contributed by atoms with Crippen molar-refractivity contribution in [1.82, 2.24) is 4.90 Å². The predicted molar refractivity (Wildman–Crippen MR) is 160 cm³/mol. The largest absolute Gasteiger partial charge is 0.497 e. The van der Waals surface area contributed by atoms with E-state index >= 15 is 0 Å². The molecule has 0 aliphatic carbocycles. The summed E-state index contributed by atoms with van der Waals surface area (Å²) in [6, 6.07) is 13.4. The Labute approximate surface area is 251 Å². The number of ether oxygens (including phenoxy) is 3. The molecule has 4 aliphatic rings. The van der Waals surface area contributed by atoms with Gasteiger partial charge >= 0.3 is 0 Å². The first-order valence-electron chi connectivity index (χ1n) is 14.8. The van der Waals surface area contributed by atoms with Crippen LogP contribution in [0, 0.1) is 11.8 Å². The van der Waals surface area contributed by atoms with Crippen LogP contribution in [-0.4, -0.2) is 84.9 Å². The maximum Gasteiger partial charge on any atom is 0.253 e. The lowest BCUT2D eigenvalue weighted by atomic mass is 9.73. The summed E-state index contributed by atoms with van der Waals surface area (Å²) in [6.07, 6.45) is 7.90. The molecule has 3 amide bonds. The van der Waals surface area contributed by atoms with Gasteiger partial charge in [-0.3, -0.25) is 14.4 Å². The van der Waals surface area contributed by atoms with Gasteiger partial charge < -0.3 is 34.0 Å². The minimum Gasteiger partial charge on any atom is -0.497 e. The second-order valence-electron chi connectivity index (χ2n) is 11.2. The Bertz CT molecular complexity index is 1460. The summed E-state index contributed by atoms with van der Waals surface area (Å²) in [4.78, 5) is 48.0. The first kappa shape index (κ1) is 28.9. The van der Waals surface area contributed by atoms with Crippen molar-refractivity contribution in [2.24, 2.45) is 11.8 Å². The van der Waals surface area contributed by atoms with Crippen molar-refractivity contribution in [3.63, 3.8) is 0 Å². The Kier molecular flexibility index (Phi) is 7.52. The van der Waals surface area contributed by atoms with E-state index in [4.69, 9.17) is 14.2 Å². The molecule has 4 heterocycles. The van der Waals surface area contributed by atoms with E-state index in [1.54, 1.807) is 41.2 Å². The van der Waals surface area contributed by atoms with Crippen LogP contribution in [-0.2, 0) is 19.1 Å². The summed E-state index contributed by atoms with van der Waals surface area (Å²) in [5, 5.41) is 9.98. The summed E-state index contributed by atoms with van der Waals surface area (Å²) in [7, 11) is 1.57. The van der Waals surface area contributed by atoms with Gasteiger partial charge in [0.1, 0.15) is 23.1 Å². The number of anilines is 2. The molecule has 2 aromatic carbocycles. The summed E-state index contributed by atoms with van der Waals surface area (Å²) in [6.45, 7) is 4.55. The first-order valence-corrected chi connectivity index (χ1v) is 14.8. The summed E-state index contributed by atoms with van der Waals surface area (Å²) in [5.74, 6) is -1.43. The van der Waals surface area contributed by atoms with Crippen LogP contribution >= 0.6 is 0 Å². The van der Waals surface area contributed by atoms with Crippen LogP contribution in [0.3, 0.4) is 0 Å². The number of rotatable bonds is 8. The number of likely N-dealkylation sites (tertiary alicyclic amines) is 1. The normalized spacial score (nSPS) is 29.7. The molecule has 6 rings (SSSR count). The summed E-state index contributed by atoms with van der Waals surface area (Å²) >= 11 is 0. The number of hydrogen-bond acceptors (Lipinski definition) is 7. The number of nitrogens with zero attached hydrogens (tertiary/aromatic N) is 3. The standard InChI is InChI=1S/C33H37N3O7/c1-4-32-16-6-18-34(22-10-14-25(15-11-22)42-5-2)29(38)26(32)27-30(39)36(20-21-37)28-31(40)35(19-7-17-33(27,28)43-32)23-8-12-24(41-3)13-9-23/h6-17,26-28,37H,4-5,18-21H2,1-3H3/t26-,27+,28?,32+,33+/m1/s1. The number of benzene rings is 2. The van der Waals surface area contributed by atoms with Gasteiger partial charge in [-0.25, -0.2) is 0 Å². The topological polar surface area (TPSA) is 109 Å². The molecule has 1 N–H and O–H groups in total. The number of carbonyl (C=O) groups excluding carboxylic acids is 3. The zero-order valence-corrected chi connectivity index (χ0v) is 24.6. The third-order valence-electron chi connectivity index (χ3n) is 9.12. The molecular weight excluding hydrogens is 550 g/mol. The Balaban J connectivity index is 1.43. The molecule has 10 heteroatoms. The third-order valence-corrected chi connectivity index (χ3v) is 9.12. The lowest BCUT2D eigenvalue weighted by Crippen LogP contribution is -2.56. The van der Waals surface area contributed by atoms with Crippen molar-refractivity contribution in [2.75, 3.05) is 49.8 Å². The highest BCUT2D eigenvalue weighted by Gasteiger charge is 2.75. The van der Waals surface area contributed by atoms with Crippen molar-refractivity contribution >= 4 is 29.1 Å². The van der Waals surface area contributed by atoms with E-state index in [0.717, 1.165) is 0 Å². The Morgan fingerprint density at radius 1 is 0.837 bits per heavy atom. The van der Waals surface area contributed by atoms with E-state index in [2.05, 4.69) is 0 Å². The average Bonchev–Trinajstić information content (AvgIpc) is 3.30. The molecule has 0 aromatic heterocycles. The van der Waals surface area contributed by atoms with Crippen LogP contribution in [0.2, 0.25) is 0 Å². The molecule has 43 heavy (non-hydrogen) atoms. The minimum atomic E-state index is -1.40. The van der Waals surface area contributed by atoms with E-state index in [0.29, 0.717) is 42.4 Å². The van der Waals surface area contributed by atoms with Gasteiger partial charge in [0.15, 0.2) is 0 Å². The SMILES string of the molecule is CCOc1ccc(N2CC=C[C@]3(CC)O[C@]45C=CCN(c6ccc(OC)cc6)C(=O)C4N(CCO)C(=O)[C@@H]5[C@@H]3C2=O)cc1. The molecule has 4 aliphatic heterocycles. The molecule has 5 atom stereocenters. The molecule has 0 bridgehead atoms. The van der Waals surface area contributed by atoms with E-state index in [-0.39, 0.29) is 37.4 Å². The molecule has 2 aromatic rings. The molecule has 0 radical (unpaired) electrons. The molecule has 1 spiro atoms. The van der Waals surface area contributed by atoms with Gasteiger partial charge in [-0.1, -0.05) is 31.2 Å². The van der Waals surface area contributed by atoms with Crippen molar-refractivity contribution in [3.8, 4) is 11.5 Å². The summed E-state index contributed by atoms with van der Waals surface area (Å²) in [5.41, 5.74) is -1.17. The predicted octanol–water partition coefficient (Wildman–Crippen LogP) is 2.95. The highest BCUT2D eigenvalue weighted by molar-refractivity contribution is 6.07. The Hall–Kier alpha value is -4.15. The Morgan fingerprint density at radius 3 is 2.02 bits per heavy atom. The van der Waals surface area contributed by atoms with E-state index in [1.165, 1.54) is 4.90 Å². The van der Waals surface area contributed by atoms with Gasteiger partial charge in [0.2, 0.25) is 11.8 Å². The highest BCUT2D eigenvalue weighted by Crippen LogP contribution is 2.58. The number of methoxy groups -OCH3 is 1. The van der Waals surface area contributed by atoms with Gasteiger partial charge in [-0.2, -0.15) is 0 Å². The molecule has 10 nitrogen and oxygen atoms in total. The van der Waals surface area contributed by atoms with Crippen molar-refractivity contribution < 1.29 is 33.7 Å². The first-order chi connectivity index (χ1) is 20.8. The van der Waals surface area contributed by atoms with Crippen LogP contribution in [0.1, 0.15) is 20.3 Å². The summed E-state index contributed by atoms with van der Waals surface area (Å²) < 4.78 is 17.8. The zero-order valence-electron chi connectivity index (χ0n) is 24.6. The van der Waals surface area contributed by atoms with Gasteiger partial charge in [-0.05, 0) is 61.9 Å². The second-order valence-corrected chi connectivity index (χ2v) is 11.2. The second kappa shape index (κ2) is 11.2. The van der Waals surface area contributed by atoms with Crippen LogP contribution < -0.4 is 19.3 Å². The number of aliphatic hydroxyl groups excluding tert-OH is 1. The zero-order chi connectivity index (χ0) is 30.4. The van der Waals surface area contributed by atoms with Crippen LogP contribution in [0.4, 0.5) is 11.4 Å². The number of β-amino-alcohol motifs (C(OH)–C–C–N with tert-alkyl or cyclic N) is 1. The quantitative estimate of drug-likeness (QED) is 0.473. The molecule has 226 valence electrons. The minimum absolute atomic E-state index is 0.0559. The fourth-order valence-electron chi connectivity index (χ4n) is 7.22. The maximum atomic E-state index is 14.6. The molecule has 0 saturated carbocycles. The smallest absolute Gasteiger partial charge is 0.253 e. The highest BCUT2D eigenvalue weighted by atomic mass is 16.5. The number of amides is 3. The fraction of sp³-hybridized carbons (Fsp3) is 0.424. The maximum absolute atomic E-state index is 14.6. The van der Waals surface area contributed by atoms with Crippen LogP contribution in [0.25, 0.3) is 0 Å². The monoisotopic (exact) mass is 587 g/mol. The molecular formula is C33H37N3O7. The number of aliphatic hydroxyl groups is 1. The van der Waals surface area contributed by atoms with Crippen LogP contribution in [0.5, 0.6) is 11.5 Å². The van der Waals surface area contributed by atoms with Crippen LogP contribution in [0.15, 0.2) is 72.8 Å². The average molecular weight is 588 g/mol. The van der Waals surface area contributed by atoms with Gasteiger partial charge in [0.05, 0.1) is 37.8 Å². The lowest BCUT2D eigenvalue weighted by molar-refractivity contribution is -0.146. The van der Waals surface area contributed by atoms with Crippen molar-refractivity contribution in [1.29, 1.82) is 0 Å². The molecule has 1 unspecified atom stereocenters. The number of fused-ring (bicyclic) bond motifs is 2. The van der Waals surface area contributed by atoms with Gasteiger partial charge in [0.25, 0.3) is 5.91 Å². The number of hydrogen-bond donors (Lipinski definition) is 1. The van der Waals surface area contributed by atoms with Gasteiger partial charge in [0, 0.05) is 31.0 Å². The Morgan fingerprint density at radius 2 is 1.44 bits per heavy atom. The molecule has 2 fully saturated rings. The van der Waals surface area contributed by atoms with E-state index in [1.807, 2.05) is 62.4 Å². The van der Waals surface area contributed by atoms with Gasteiger partial charge in [-0.15, -0.1) is 0 Å².